The quantitative estimate of drug-likeness (QED) is 0.894. The predicted molar refractivity (Wildman–Crippen MR) is 76.1 cm³/mol. The van der Waals surface area contributed by atoms with Crippen LogP contribution in [0.4, 0.5) is 5.13 Å². The Kier molecular flexibility index (Phi) is 3.48. The monoisotopic (exact) mass is 260 g/mol. The van der Waals surface area contributed by atoms with E-state index in [1.165, 1.54) is 35.0 Å². The van der Waals surface area contributed by atoms with E-state index in [1.54, 1.807) is 0 Å². The molecule has 0 aliphatic rings. The molecule has 0 spiro atoms. The Labute approximate surface area is 111 Å². The third kappa shape index (κ3) is 2.59. The van der Waals surface area contributed by atoms with E-state index in [1.807, 2.05) is 5.38 Å². The zero-order chi connectivity index (χ0) is 13.3. The van der Waals surface area contributed by atoms with Crippen LogP contribution in [-0.4, -0.2) is 10.9 Å². The van der Waals surface area contributed by atoms with Gasteiger partial charge in [-0.2, -0.15) is 0 Å². The number of amides is 1. The third-order valence-electron chi connectivity index (χ3n) is 2.72. The van der Waals surface area contributed by atoms with E-state index in [-0.39, 0.29) is 5.91 Å². The minimum Gasteiger partial charge on any atom is -0.302 e. The molecule has 0 radical (unpaired) electrons. The molecule has 1 N–H and O–H groups in total. The summed E-state index contributed by atoms with van der Waals surface area (Å²) in [5, 5.41) is 5.35. The van der Waals surface area contributed by atoms with Gasteiger partial charge in [0.25, 0.3) is 0 Å². The first-order valence-corrected chi connectivity index (χ1v) is 6.66. The molecule has 18 heavy (non-hydrogen) atoms. The summed E-state index contributed by atoms with van der Waals surface area (Å²) in [4.78, 5) is 15.5. The van der Waals surface area contributed by atoms with Crippen molar-refractivity contribution >= 4 is 22.4 Å². The second kappa shape index (κ2) is 4.90. The van der Waals surface area contributed by atoms with E-state index >= 15 is 0 Å². The van der Waals surface area contributed by atoms with Crippen LogP contribution in [0.5, 0.6) is 0 Å². The summed E-state index contributed by atoms with van der Waals surface area (Å²) >= 11 is 1.45. The Hall–Kier alpha value is -1.68. The molecule has 0 bridgehead atoms. The molecule has 4 heteroatoms. The number of nitrogens with one attached hydrogen (secondary N) is 1. The van der Waals surface area contributed by atoms with Gasteiger partial charge in [0.1, 0.15) is 0 Å². The van der Waals surface area contributed by atoms with Crippen molar-refractivity contribution in [1.29, 1.82) is 0 Å². The SMILES string of the molecule is CC(=O)Nc1nc(-c2c(C)cc(C)cc2C)cs1. The van der Waals surface area contributed by atoms with Crippen LogP contribution in [0, 0.1) is 20.8 Å². The summed E-state index contributed by atoms with van der Waals surface area (Å²) in [6.45, 7) is 7.76. The minimum absolute atomic E-state index is 0.0896. The maximum atomic E-state index is 11.0. The maximum absolute atomic E-state index is 11.0. The molecule has 2 aromatic rings. The van der Waals surface area contributed by atoms with E-state index in [0.717, 1.165) is 11.3 Å². The molecule has 1 heterocycles. The second-order valence-electron chi connectivity index (χ2n) is 4.49. The highest BCUT2D eigenvalue weighted by Gasteiger charge is 2.11. The van der Waals surface area contributed by atoms with Gasteiger partial charge in [-0.25, -0.2) is 4.98 Å². The number of benzene rings is 1. The largest absolute Gasteiger partial charge is 0.302 e. The van der Waals surface area contributed by atoms with Gasteiger partial charge in [0, 0.05) is 17.9 Å². The summed E-state index contributed by atoms with van der Waals surface area (Å²) in [6, 6.07) is 4.31. The van der Waals surface area contributed by atoms with Crippen molar-refractivity contribution in [3.63, 3.8) is 0 Å². The smallest absolute Gasteiger partial charge is 0.223 e. The Balaban J connectivity index is 2.43. The van der Waals surface area contributed by atoms with Gasteiger partial charge in [0.15, 0.2) is 5.13 Å². The van der Waals surface area contributed by atoms with E-state index in [9.17, 15) is 4.79 Å². The first-order chi connectivity index (χ1) is 8.47. The second-order valence-corrected chi connectivity index (χ2v) is 5.35. The highest BCUT2D eigenvalue weighted by atomic mass is 32.1. The number of carbonyl (C=O) groups excluding carboxylic acids is 1. The van der Waals surface area contributed by atoms with E-state index in [0.29, 0.717) is 5.13 Å². The maximum Gasteiger partial charge on any atom is 0.223 e. The fraction of sp³-hybridized carbons (Fsp3) is 0.286. The van der Waals surface area contributed by atoms with Crippen molar-refractivity contribution in [3.8, 4) is 11.3 Å². The van der Waals surface area contributed by atoms with Gasteiger partial charge in [-0.1, -0.05) is 17.7 Å². The molecular weight excluding hydrogens is 244 g/mol. The average Bonchev–Trinajstić information content (AvgIpc) is 2.63. The molecule has 1 amide bonds. The van der Waals surface area contributed by atoms with Crippen molar-refractivity contribution in [2.75, 3.05) is 5.32 Å². The van der Waals surface area contributed by atoms with Crippen molar-refractivity contribution in [2.45, 2.75) is 27.7 Å². The van der Waals surface area contributed by atoms with E-state index in [4.69, 9.17) is 0 Å². The van der Waals surface area contributed by atoms with Crippen LogP contribution >= 0.6 is 11.3 Å². The summed E-state index contributed by atoms with van der Waals surface area (Å²) < 4.78 is 0. The number of rotatable bonds is 2. The summed E-state index contributed by atoms with van der Waals surface area (Å²) in [7, 11) is 0. The molecule has 1 aromatic heterocycles. The topological polar surface area (TPSA) is 42.0 Å². The molecule has 0 saturated heterocycles. The van der Waals surface area contributed by atoms with Crippen molar-refractivity contribution in [1.82, 2.24) is 4.98 Å². The number of aromatic nitrogens is 1. The highest BCUT2D eigenvalue weighted by molar-refractivity contribution is 7.14. The van der Waals surface area contributed by atoms with Crippen LogP contribution in [0.1, 0.15) is 23.6 Å². The molecule has 94 valence electrons. The Morgan fingerprint density at radius 2 is 1.83 bits per heavy atom. The van der Waals surface area contributed by atoms with Gasteiger partial charge in [-0.3, -0.25) is 4.79 Å². The number of hydrogen-bond donors (Lipinski definition) is 1. The molecule has 0 unspecified atom stereocenters. The van der Waals surface area contributed by atoms with Crippen LogP contribution in [0.2, 0.25) is 0 Å². The Morgan fingerprint density at radius 1 is 1.22 bits per heavy atom. The molecule has 0 fully saturated rings. The number of thiazole rings is 1. The zero-order valence-corrected chi connectivity index (χ0v) is 11.8. The standard InChI is InChI=1S/C14H16N2OS/c1-8-5-9(2)13(10(3)6-8)12-7-18-14(16-12)15-11(4)17/h5-7H,1-4H3,(H,15,16,17). The third-order valence-corrected chi connectivity index (χ3v) is 3.48. The van der Waals surface area contributed by atoms with Crippen molar-refractivity contribution in [3.05, 3.63) is 34.2 Å². The number of hydrogen-bond acceptors (Lipinski definition) is 3. The van der Waals surface area contributed by atoms with E-state index < -0.39 is 0 Å². The van der Waals surface area contributed by atoms with Crippen LogP contribution < -0.4 is 5.32 Å². The molecular formula is C14H16N2OS. The Morgan fingerprint density at radius 3 is 2.39 bits per heavy atom. The molecule has 1 aromatic carbocycles. The zero-order valence-electron chi connectivity index (χ0n) is 11.0. The van der Waals surface area contributed by atoms with Crippen molar-refractivity contribution in [2.24, 2.45) is 0 Å². The van der Waals surface area contributed by atoms with Gasteiger partial charge in [-0.15, -0.1) is 11.3 Å². The summed E-state index contributed by atoms with van der Waals surface area (Å²) in [5.41, 5.74) is 5.78. The first-order valence-electron chi connectivity index (χ1n) is 5.78. The van der Waals surface area contributed by atoms with Crippen LogP contribution in [0.3, 0.4) is 0 Å². The summed E-state index contributed by atoms with van der Waals surface area (Å²) in [5.74, 6) is -0.0896. The van der Waals surface area contributed by atoms with Gasteiger partial charge in [0.2, 0.25) is 5.91 Å². The van der Waals surface area contributed by atoms with Crippen LogP contribution in [-0.2, 0) is 4.79 Å². The lowest BCUT2D eigenvalue weighted by Gasteiger charge is -2.08. The normalized spacial score (nSPS) is 10.4. The molecule has 0 atom stereocenters. The molecule has 2 rings (SSSR count). The fourth-order valence-corrected chi connectivity index (χ4v) is 2.93. The summed E-state index contributed by atoms with van der Waals surface area (Å²) in [6.07, 6.45) is 0. The highest BCUT2D eigenvalue weighted by Crippen LogP contribution is 2.30. The van der Waals surface area contributed by atoms with E-state index in [2.05, 4.69) is 43.2 Å². The number of carbonyl (C=O) groups is 1. The van der Waals surface area contributed by atoms with Gasteiger partial charge < -0.3 is 5.32 Å². The average molecular weight is 260 g/mol. The van der Waals surface area contributed by atoms with Crippen LogP contribution in [0.15, 0.2) is 17.5 Å². The molecule has 3 nitrogen and oxygen atoms in total. The van der Waals surface area contributed by atoms with Crippen LogP contribution in [0.25, 0.3) is 11.3 Å². The number of anilines is 1. The molecule has 0 aliphatic carbocycles. The van der Waals surface area contributed by atoms with Crippen molar-refractivity contribution < 1.29 is 4.79 Å². The van der Waals surface area contributed by atoms with Gasteiger partial charge in [-0.05, 0) is 31.9 Å². The minimum atomic E-state index is -0.0896. The Bertz CT molecular complexity index is 579. The fourth-order valence-electron chi connectivity index (χ4n) is 2.18. The van der Waals surface area contributed by atoms with Gasteiger partial charge >= 0.3 is 0 Å². The lowest BCUT2D eigenvalue weighted by Crippen LogP contribution is -2.05. The molecule has 0 saturated carbocycles. The number of aryl methyl sites for hydroxylation is 3. The molecule has 0 aliphatic heterocycles. The first kappa shape index (κ1) is 12.8. The lowest BCUT2D eigenvalue weighted by molar-refractivity contribution is -0.114. The van der Waals surface area contributed by atoms with Gasteiger partial charge in [0.05, 0.1) is 5.69 Å². The lowest BCUT2D eigenvalue weighted by atomic mass is 9.98. The predicted octanol–water partition coefficient (Wildman–Crippen LogP) is 3.69. The number of nitrogens with zero attached hydrogens (tertiary/aromatic N) is 1.